The molecule has 0 N–H and O–H groups in total. The highest BCUT2D eigenvalue weighted by Crippen LogP contribution is 2.59. The fourth-order valence-corrected chi connectivity index (χ4v) is 19.3. The maximum Gasteiger partial charge on any atom is 0.0743 e. The lowest BCUT2D eigenvalue weighted by molar-refractivity contribution is 0.920. The van der Waals surface area contributed by atoms with E-state index < -0.39 is 8.07 Å². The van der Waals surface area contributed by atoms with Gasteiger partial charge in [0.15, 0.2) is 0 Å². The summed E-state index contributed by atoms with van der Waals surface area (Å²) >= 11 is 16.9. The first-order valence-electron chi connectivity index (χ1n) is 12.2. The summed E-state index contributed by atoms with van der Waals surface area (Å²) < 4.78 is 3.84. The van der Waals surface area contributed by atoms with E-state index in [-0.39, 0.29) is 7.43 Å². The van der Waals surface area contributed by atoms with Crippen LogP contribution in [0, 0.1) is 0 Å². The molecule has 198 valence electrons. The summed E-state index contributed by atoms with van der Waals surface area (Å²) in [5.74, 6) is 0.616. The number of fused-ring (bicyclic) bond motifs is 3. The standard InChI is InChI=1S/C20H22Br2S2Si.C9H9BrS.CH4/c1-9-11(3)19(17-15(9)13(21)7-23-17)25(5,6)20-12(4)10(2)16-14(22)8-24-18(16)20;1-5-3-8-9(6(5)2)7(10)4-11-8;/h7-8,19-20H,1-6H3;3-4,6H,1-2H3;1H4. The van der Waals surface area contributed by atoms with E-state index in [1.807, 2.05) is 34.0 Å². The zero-order valence-electron chi connectivity index (χ0n) is 21.9. The van der Waals surface area contributed by atoms with E-state index in [0.717, 1.165) is 0 Å². The average molecular weight is 760 g/mol. The third-order valence-corrected chi connectivity index (χ3v) is 19.3. The lowest BCUT2D eigenvalue weighted by atomic mass is 10.0. The van der Waals surface area contributed by atoms with E-state index >= 15 is 0 Å². The molecule has 0 radical (unpaired) electrons. The van der Waals surface area contributed by atoms with Crippen molar-refractivity contribution in [1.82, 2.24) is 0 Å². The Morgan fingerprint density at radius 3 is 1.57 bits per heavy atom. The summed E-state index contributed by atoms with van der Waals surface area (Å²) in [4.78, 5) is 4.64. The Labute approximate surface area is 261 Å². The monoisotopic (exact) mass is 756 g/mol. The molecule has 3 heterocycles. The van der Waals surface area contributed by atoms with Gasteiger partial charge in [0.05, 0.1) is 8.07 Å². The molecule has 3 aromatic heterocycles. The third kappa shape index (κ3) is 4.60. The molecule has 0 aromatic carbocycles. The zero-order chi connectivity index (χ0) is 26.3. The second-order valence-corrected chi connectivity index (χ2v) is 21.0. The summed E-state index contributed by atoms with van der Waals surface area (Å²) in [6.07, 6.45) is 2.29. The highest BCUT2D eigenvalue weighted by atomic mass is 79.9. The molecule has 0 bridgehead atoms. The van der Waals surface area contributed by atoms with E-state index in [4.69, 9.17) is 0 Å². The normalized spacial score (nSPS) is 21.9. The molecule has 0 aliphatic heterocycles. The van der Waals surface area contributed by atoms with Crippen molar-refractivity contribution in [3.8, 4) is 0 Å². The van der Waals surface area contributed by atoms with Crippen molar-refractivity contribution in [2.75, 3.05) is 0 Å². The Morgan fingerprint density at radius 1 is 0.703 bits per heavy atom. The molecule has 6 rings (SSSR count). The highest BCUT2D eigenvalue weighted by Gasteiger charge is 2.50. The third-order valence-electron chi connectivity index (χ3n) is 8.65. The summed E-state index contributed by atoms with van der Waals surface area (Å²) in [5.41, 5.74) is 13.4. The van der Waals surface area contributed by atoms with Crippen LogP contribution in [0.4, 0.5) is 0 Å². The second kappa shape index (κ2) is 10.8. The van der Waals surface area contributed by atoms with Gasteiger partial charge in [-0.25, -0.2) is 0 Å². The Bertz CT molecular complexity index is 1400. The fraction of sp³-hybridized carbons (Fsp3) is 0.400. The van der Waals surface area contributed by atoms with Crippen LogP contribution in [-0.4, -0.2) is 8.07 Å². The van der Waals surface area contributed by atoms with Crippen molar-refractivity contribution in [3.05, 3.63) is 77.6 Å². The van der Waals surface area contributed by atoms with Gasteiger partial charge in [0.25, 0.3) is 0 Å². The topological polar surface area (TPSA) is 0 Å². The first-order chi connectivity index (χ1) is 16.9. The van der Waals surface area contributed by atoms with Crippen molar-refractivity contribution in [3.63, 3.8) is 0 Å². The van der Waals surface area contributed by atoms with Crippen LogP contribution in [-0.2, 0) is 0 Å². The Balaban J connectivity index is 0.000000224. The maximum absolute atomic E-state index is 3.79. The predicted octanol–water partition coefficient (Wildman–Crippen LogP) is 13.3. The second-order valence-electron chi connectivity index (χ2n) is 10.9. The lowest BCUT2D eigenvalue weighted by Gasteiger charge is -2.37. The molecule has 3 aliphatic carbocycles. The molecule has 37 heavy (non-hydrogen) atoms. The molecule has 3 aliphatic rings. The van der Waals surface area contributed by atoms with Gasteiger partial charge in [0, 0.05) is 72.3 Å². The summed E-state index contributed by atoms with van der Waals surface area (Å²) in [6, 6.07) is 0. The number of thiophene rings is 3. The Hall–Kier alpha value is -0.0231. The minimum absolute atomic E-state index is 0. The fourth-order valence-electron chi connectivity index (χ4n) is 6.48. The molecule has 3 aromatic rings. The number of hydrogen-bond donors (Lipinski definition) is 0. The summed E-state index contributed by atoms with van der Waals surface area (Å²) in [5, 5.41) is 6.74. The van der Waals surface area contributed by atoms with Crippen molar-refractivity contribution in [2.45, 2.75) is 79.1 Å². The van der Waals surface area contributed by atoms with Crippen molar-refractivity contribution in [2.24, 2.45) is 0 Å². The number of allylic oxidation sites excluding steroid dienone is 5. The molecule has 0 saturated carbocycles. The zero-order valence-corrected chi connectivity index (χ0v) is 30.1. The lowest BCUT2D eigenvalue weighted by Crippen LogP contribution is -2.41. The van der Waals surface area contributed by atoms with Gasteiger partial charge in [-0.1, -0.05) is 44.2 Å². The number of rotatable bonds is 2. The van der Waals surface area contributed by atoms with Gasteiger partial charge in [0.1, 0.15) is 0 Å². The molecule has 0 amide bonds. The van der Waals surface area contributed by atoms with Crippen LogP contribution in [0.5, 0.6) is 0 Å². The first-order valence-corrected chi connectivity index (χ1v) is 20.4. The van der Waals surface area contributed by atoms with Gasteiger partial charge in [-0.05, 0) is 105 Å². The van der Waals surface area contributed by atoms with E-state index in [9.17, 15) is 0 Å². The number of halogens is 3. The molecule has 0 spiro atoms. The summed E-state index contributed by atoms with van der Waals surface area (Å²) in [7, 11) is -1.66. The van der Waals surface area contributed by atoms with Crippen molar-refractivity contribution >= 4 is 107 Å². The average Bonchev–Trinajstić information content (AvgIpc) is 3.61. The van der Waals surface area contributed by atoms with E-state index in [2.05, 4.69) is 125 Å². The van der Waals surface area contributed by atoms with Crippen LogP contribution in [0.15, 0.2) is 46.3 Å². The van der Waals surface area contributed by atoms with Gasteiger partial charge >= 0.3 is 0 Å². The van der Waals surface area contributed by atoms with Crippen LogP contribution in [0.2, 0.25) is 13.1 Å². The molecule has 0 saturated heterocycles. The largest absolute Gasteiger partial charge is 0.147 e. The van der Waals surface area contributed by atoms with E-state index in [1.165, 1.54) is 51.7 Å². The van der Waals surface area contributed by atoms with Crippen molar-refractivity contribution < 1.29 is 0 Å². The van der Waals surface area contributed by atoms with E-state index in [1.54, 1.807) is 20.9 Å². The van der Waals surface area contributed by atoms with Gasteiger partial charge in [-0.2, -0.15) is 0 Å². The minimum atomic E-state index is -1.66. The molecule has 3 atom stereocenters. The molecular formula is C30H35Br3S3Si. The number of hydrogen-bond acceptors (Lipinski definition) is 3. The predicted molar refractivity (Wildman–Crippen MR) is 184 cm³/mol. The van der Waals surface area contributed by atoms with Crippen LogP contribution in [0.25, 0.3) is 17.2 Å². The van der Waals surface area contributed by atoms with Crippen LogP contribution in [0.1, 0.15) is 97.3 Å². The van der Waals surface area contributed by atoms with Crippen molar-refractivity contribution in [1.29, 1.82) is 0 Å². The quantitative estimate of drug-likeness (QED) is 0.228. The minimum Gasteiger partial charge on any atom is -0.147 e. The smallest absolute Gasteiger partial charge is 0.0743 e. The van der Waals surface area contributed by atoms with Gasteiger partial charge in [-0.15, -0.1) is 34.0 Å². The van der Waals surface area contributed by atoms with Gasteiger partial charge in [0.2, 0.25) is 0 Å². The SMILES string of the molecule is C.CC1=C(C)C([Si](C)(C)C2C(C)=C(C)c3c(Br)csc32)c2scc(Br)c21.CC1=Cc2scc(Br)c2C1C. The molecule has 3 unspecified atom stereocenters. The molecule has 7 heteroatoms. The highest BCUT2D eigenvalue weighted by molar-refractivity contribution is 9.11. The maximum atomic E-state index is 3.79. The van der Waals surface area contributed by atoms with E-state index in [0.29, 0.717) is 17.0 Å². The summed E-state index contributed by atoms with van der Waals surface area (Å²) in [6.45, 7) is 19.1. The van der Waals surface area contributed by atoms with Crippen LogP contribution < -0.4 is 0 Å². The first kappa shape index (κ1) is 29.9. The molecule has 0 fully saturated rings. The Kier molecular flexibility index (Phi) is 8.70. The molecule has 0 nitrogen and oxygen atoms in total. The molecular weight excluding hydrogens is 724 g/mol. The van der Waals surface area contributed by atoms with Crippen LogP contribution in [0.3, 0.4) is 0 Å². The van der Waals surface area contributed by atoms with Gasteiger partial charge in [-0.3, -0.25) is 0 Å². The Morgan fingerprint density at radius 2 is 1.14 bits per heavy atom. The van der Waals surface area contributed by atoms with Crippen LogP contribution >= 0.6 is 81.8 Å². The van der Waals surface area contributed by atoms with Gasteiger partial charge < -0.3 is 0 Å².